The van der Waals surface area contributed by atoms with Crippen LogP contribution < -0.4 is 5.32 Å². The van der Waals surface area contributed by atoms with Crippen LogP contribution in [0.25, 0.3) is 0 Å². The van der Waals surface area contributed by atoms with E-state index in [9.17, 15) is 4.39 Å². The van der Waals surface area contributed by atoms with Crippen LogP contribution in [0.2, 0.25) is 0 Å². The zero-order valence-electron chi connectivity index (χ0n) is 8.36. The van der Waals surface area contributed by atoms with Gasteiger partial charge in [-0.2, -0.15) is 0 Å². The van der Waals surface area contributed by atoms with Gasteiger partial charge in [-0.25, -0.2) is 4.39 Å². The molecule has 0 amide bonds. The molecular weight excluding hydrogens is 153 g/mol. The Labute approximate surface area is 74.7 Å². The van der Waals surface area contributed by atoms with Crippen LogP contribution in [0.4, 0.5) is 4.39 Å². The Hall–Kier alpha value is -0.110. The molecule has 2 heteroatoms. The Kier molecular flexibility index (Phi) is 3.10. The molecule has 1 aliphatic rings. The fourth-order valence-electron chi connectivity index (χ4n) is 1.89. The smallest absolute Gasteiger partial charge is 0.115 e. The van der Waals surface area contributed by atoms with Crippen LogP contribution >= 0.6 is 0 Å². The summed E-state index contributed by atoms with van der Waals surface area (Å²) in [4.78, 5) is 0. The molecule has 1 aliphatic heterocycles. The Morgan fingerprint density at radius 1 is 1.42 bits per heavy atom. The first kappa shape index (κ1) is 9.97. The zero-order valence-corrected chi connectivity index (χ0v) is 8.36. The van der Waals surface area contributed by atoms with Crippen molar-refractivity contribution in [2.75, 3.05) is 13.1 Å². The second-order valence-electron chi connectivity index (χ2n) is 5.03. The van der Waals surface area contributed by atoms with Crippen LogP contribution in [0.5, 0.6) is 0 Å². The number of nitrogens with one attached hydrogen (secondary N) is 1. The van der Waals surface area contributed by atoms with Gasteiger partial charge in [-0.3, -0.25) is 0 Å². The minimum absolute atomic E-state index is 0.270. The molecule has 1 fully saturated rings. The average Bonchev–Trinajstić information content (AvgIpc) is 1.91. The zero-order chi connectivity index (χ0) is 9.19. The van der Waals surface area contributed by atoms with Crippen LogP contribution in [0, 0.1) is 11.3 Å². The van der Waals surface area contributed by atoms with Gasteiger partial charge >= 0.3 is 0 Å². The minimum atomic E-state index is -0.627. The van der Waals surface area contributed by atoms with Crippen molar-refractivity contribution in [1.82, 2.24) is 5.32 Å². The summed E-state index contributed by atoms with van der Waals surface area (Å²) in [6.07, 6.45) is 1.38. The van der Waals surface area contributed by atoms with Gasteiger partial charge in [0.25, 0.3) is 0 Å². The highest BCUT2D eigenvalue weighted by Crippen LogP contribution is 2.30. The fourth-order valence-corrected chi connectivity index (χ4v) is 1.89. The van der Waals surface area contributed by atoms with E-state index in [-0.39, 0.29) is 11.3 Å². The summed E-state index contributed by atoms with van der Waals surface area (Å²) >= 11 is 0. The number of rotatable bonds is 1. The first-order chi connectivity index (χ1) is 5.49. The molecule has 2 unspecified atom stereocenters. The van der Waals surface area contributed by atoms with Crippen LogP contribution in [0.15, 0.2) is 0 Å². The molecule has 0 aromatic heterocycles. The topological polar surface area (TPSA) is 12.0 Å². The van der Waals surface area contributed by atoms with E-state index in [1.165, 1.54) is 0 Å². The van der Waals surface area contributed by atoms with Crippen molar-refractivity contribution < 1.29 is 4.39 Å². The SMILES string of the molecule is CC(C)(C)CC1CCNCC1F. The van der Waals surface area contributed by atoms with E-state index in [1.807, 2.05) is 0 Å². The highest BCUT2D eigenvalue weighted by atomic mass is 19.1. The lowest BCUT2D eigenvalue weighted by Gasteiger charge is -2.31. The third kappa shape index (κ3) is 3.10. The molecule has 0 aromatic carbocycles. The van der Waals surface area contributed by atoms with Crippen molar-refractivity contribution in [1.29, 1.82) is 0 Å². The first-order valence-electron chi connectivity index (χ1n) is 4.84. The Morgan fingerprint density at radius 3 is 2.58 bits per heavy atom. The molecule has 0 aromatic rings. The monoisotopic (exact) mass is 173 g/mol. The van der Waals surface area contributed by atoms with Gasteiger partial charge in [-0.05, 0) is 30.7 Å². The van der Waals surface area contributed by atoms with Gasteiger partial charge in [0.05, 0.1) is 0 Å². The summed E-state index contributed by atoms with van der Waals surface area (Å²) in [5.74, 6) is 0.284. The molecule has 0 aliphatic carbocycles. The summed E-state index contributed by atoms with van der Waals surface area (Å²) in [5.41, 5.74) is 0.270. The van der Waals surface area contributed by atoms with Crippen molar-refractivity contribution in [2.24, 2.45) is 11.3 Å². The number of hydrogen-bond acceptors (Lipinski definition) is 1. The van der Waals surface area contributed by atoms with E-state index in [4.69, 9.17) is 0 Å². The lowest BCUT2D eigenvalue weighted by atomic mass is 9.80. The quantitative estimate of drug-likeness (QED) is 0.642. The molecule has 1 heterocycles. The summed E-state index contributed by atoms with van der Waals surface area (Å²) in [7, 11) is 0. The van der Waals surface area contributed by atoms with Gasteiger partial charge in [-0.15, -0.1) is 0 Å². The maximum Gasteiger partial charge on any atom is 0.115 e. The second-order valence-corrected chi connectivity index (χ2v) is 5.03. The molecule has 1 rings (SSSR count). The maximum absolute atomic E-state index is 13.3. The standard InChI is InChI=1S/C10H20FN/c1-10(2,3)6-8-4-5-12-7-9(8)11/h8-9,12H,4-7H2,1-3H3. The summed E-state index contributed by atoms with van der Waals surface area (Å²) in [6.45, 7) is 8.09. The highest BCUT2D eigenvalue weighted by molar-refractivity contribution is 4.81. The van der Waals surface area contributed by atoms with Gasteiger partial charge in [0.1, 0.15) is 6.17 Å². The largest absolute Gasteiger partial charge is 0.314 e. The summed E-state index contributed by atoms with van der Waals surface area (Å²) in [5, 5.41) is 3.08. The van der Waals surface area contributed by atoms with Gasteiger partial charge in [0.15, 0.2) is 0 Å². The van der Waals surface area contributed by atoms with E-state index in [1.54, 1.807) is 0 Å². The lowest BCUT2D eigenvalue weighted by Crippen LogP contribution is -2.39. The highest BCUT2D eigenvalue weighted by Gasteiger charge is 2.28. The van der Waals surface area contributed by atoms with Crippen molar-refractivity contribution in [3.63, 3.8) is 0 Å². The normalized spacial score (nSPS) is 32.0. The molecule has 72 valence electrons. The third-order valence-electron chi connectivity index (χ3n) is 2.42. The van der Waals surface area contributed by atoms with Gasteiger partial charge in [-0.1, -0.05) is 20.8 Å². The number of piperidine rings is 1. The maximum atomic E-state index is 13.3. The summed E-state index contributed by atoms with van der Waals surface area (Å²) < 4.78 is 13.3. The van der Waals surface area contributed by atoms with Crippen LogP contribution in [0.3, 0.4) is 0 Å². The molecule has 1 nitrogen and oxygen atoms in total. The van der Waals surface area contributed by atoms with Crippen molar-refractivity contribution in [2.45, 2.75) is 39.8 Å². The fraction of sp³-hybridized carbons (Fsp3) is 1.00. The Balaban J connectivity index is 2.39. The van der Waals surface area contributed by atoms with Crippen LogP contribution in [-0.2, 0) is 0 Å². The van der Waals surface area contributed by atoms with E-state index in [0.717, 1.165) is 19.4 Å². The van der Waals surface area contributed by atoms with E-state index in [2.05, 4.69) is 26.1 Å². The number of halogens is 1. The minimum Gasteiger partial charge on any atom is -0.314 e. The van der Waals surface area contributed by atoms with Crippen LogP contribution in [0.1, 0.15) is 33.6 Å². The molecule has 12 heavy (non-hydrogen) atoms. The predicted molar refractivity (Wildman–Crippen MR) is 49.9 cm³/mol. The van der Waals surface area contributed by atoms with Crippen molar-refractivity contribution in [3.8, 4) is 0 Å². The van der Waals surface area contributed by atoms with Gasteiger partial charge in [0, 0.05) is 6.54 Å². The van der Waals surface area contributed by atoms with Gasteiger partial charge in [0.2, 0.25) is 0 Å². The Bertz CT molecular complexity index is 139. The molecular formula is C10H20FN. The molecule has 2 atom stereocenters. The third-order valence-corrected chi connectivity index (χ3v) is 2.42. The van der Waals surface area contributed by atoms with Crippen LogP contribution in [-0.4, -0.2) is 19.3 Å². The molecule has 1 saturated heterocycles. The van der Waals surface area contributed by atoms with E-state index < -0.39 is 6.17 Å². The molecule has 0 saturated carbocycles. The Morgan fingerprint density at radius 2 is 2.08 bits per heavy atom. The first-order valence-corrected chi connectivity index (χ1v) is 4.84. The lowest BCUT2D eigenvalue weighted by molar-refractivity contribution is 0.134. The van der Waals surface area contributed by atoms with Gasteiger partial charge < -0.3 is 5.32 Å². The van der Waals surface area contributed by atoms with Crippen molar-refractivity contribution in [3.05, 3.63) is 0 Å². The molecule has 0 spiro atoms. The number of alkyl halides is 1. The predicted octanol–water partition coefficient (Wildman–Crippen LogP) is 2.37. The summed E-state index contributed by atoms with van der Waals surface area (Å²) in [6, 6.07) is 0. The molecule has 0 radical (unpaired) electrons. The van der Waals surface area contributed by atoms with E-state index in [0.29, 0.717) is 6.54 Å². The second kappa shape index (κ2) is 3.73. The average molecular weight is 173 g/mol. The molecule has 1 N–H and O–H groups in total. The van der Waals surface area contributed by atoms with E-state index >= 15 is 0 Å². The van der Waals surface area contributed by atoms with Crippen molar-refractivity contribution >= 4 is 0 Å². The molecule has 0 bridgehead atoms. The number of hydrogen-bond donors (Lipinski definition) is 1.